The van der Waals surface area contributed by atoms with Gasteiger partial charge in [0.1, 0.15) is 5.00 Å². The first-order chi connectivity index (χ1) is 12.5. The molecule has 26 heavy (non-hydrogen) atoms. The molecule has 1 N–H and O–H groups in total. The molecule has 2 aliphatic rings. The van der Waals surface area contributed by atoms with Gasteiger partial charge in [-0.25, -0.2) is 4.79 Å². The van der Waals surface area contributed by atoms with Crippen LogP contribution < -0.4 is 5.32 Å². The van der Waals surface area contributed by atoms with Crippen LogP contribution in [0.2, 0.25) is 0 Å². The van der Waals surface area contributed by atoms with Crippen LogP contribution in [0.4, 0.5) is 5.00 Å². The highest BCUT2D eigenvalue weighted by Crippen LogP contribution is 2.40. The summed E-state index contributed by atoms with van der Waals surface area (Å²) >= 11 is 1.56. The van der Waals surface area contributed by atoms with Crippen molar-refractivity contribution >= 4 is 28.2 Å². The minimum Gasteiger partial charge on any atom is -0.462 e. The Bertz CT molecular complexity index is 670. The van der Waals surface area contributed by atoms with Crippen molar-refractivity contribution in [1.82, 2.24) is 4.90 Å². The summed E-state index contributed by atoms with van der Waals surface area (Å²) in [5.74, 6) is 0.283. The van der Waals surface area contributed by atoms with Gasteiger partial charge >= 0.3 is 5.97 Å². The smallest absolute Gasteiger partial charge is 0.341 e. The number of likely N-dealkylation sites (tertiary alicyclic amines) is 1. The van der Waals surface area contributed by atoms with E-state index in [-0.39, 0.29) is 11.9 Å². The van der Waals surface area contributed by atoms with E-state index in [1.807, 2.05) is 6.92 Å². The Labute approximate surface area is 160 Å². The predicted octanol–water partition coefficient (Wildman–Crippen LogP) is 3.86. The second-order valence-corrected chi connectivity index (χ2v) is 8.74. The molecule has 1 fully saturated rings. The van der Waals surface area contributed by atoms with Gasteiger partial charge < -0.3 is 10.1 Å². The Morgan fingerprint density at radius 3 is 2.81 bits per heavy atom. The van der Waals surface area contributed by atoms with Crippen LogP contribution in [0.1, 0.15) is 67.3 Å². The van der Waals surface area contributed by atoms with Crippen molar-refractivity contribution in [3.05, 3.63) is 16.0 Å². The first-order valence-electron chi connectivity index (χ1n) is 9.85. The van der Waals surface area contributed by atoms with E-state index in [9.17, 15) is 9.59 Å². The number of thiophene rings is 1. The van der Waals surface area contributed by atoms with Gasteiger partial charge in [-0.1, -0.05) is 13.3 Å². The topological polar surface area (TPSA) is 58.6 Å². The molecule has 1 aliphatic heterocycles. The van der Waals surface area contributed by atoms with Crippen LogP contribution in [-0.2, 0) is 22.4 Å². The number of nitrogens with zero attached hydrogens (tertiary/aromatic N) is 1. The average molecular weight is 379 g/mol. The minimum absolute atomic E-state index is 0.0315. The van der Waals surface area contributed by atoms with E-state index >= 15 is 0 Å². The molecule has 6 heteroatoms. The number of ether oxygens (including phenoxy) is 1. The number of anilines is 1. The molecule has 3 rings (SSSR count). The van der Waals surface area contributed by atoms with E-state index < -0.39 is 0 Å². The number of carbonyl (C=O) groups excluding carboxylic acids is 2. The Morgan fingerprint density at radius 1 is 1.27 bits per heavy atom. The number of hydrogen-bond donors (Lipinski definition) is 1. The summed E-state index contributed by atoms with van der Waals surface area (Å²) in [7, 11) is 0. The molecule has 1 saturated heterocycles. The summed E-state index contributed by atoms with van der Waals surface area (Å²) in [6.45, 7) is 7.94. The molecule has 144 valence electrons. The Kier molecular flexibility index (Phi) is 6.35. The van der Waals surface area contributed by atoms with Gasteiger partial charge in [-0.2, -0.15) is 0 Å². The summed E-state index contributed by atoms with van der Waals surface area (Å²) in [6, 6.07) is 0.441. The number of carbonyl (C=O) groups is 2. The largest absolute Gasteiger partial charge is 0.462 e. The maximum atomic E-state index is 12.6. The van der Waals surface area contributed by atoms with E-state index in [0.29, 0.717) is 35.7 Å². The molecule has 0 unspecified atom stereocenters. The van der Waals surface area contributed by atoms with Gasteiger partial charge in [-0.3, -0.25) is 9.69 Å². The van der Waals surface area contributed by atoms with E-state index in [2.05, 4.69) is 24.1 Å². The highest BCUT2D eigenvalue weighted by Gasteiger charge is 2.29. The molecule has 0 aromatic carbocycles. The van der Waals surface area contributed by atoms with Gasteiger partial charge in [-0.15, -0.1) is 11.3 Å². The summed E-state index contributed by atoms with van der Waals surface area (Å²) in [5.41, 5.74) is 1.69. The van der Waals surface area contributed by atoms with Crippen molar-refractivity contribution < 1.29 is 14.3 Å². The van der Waals surface area contributed by atoms with Crippen molar-refractivity contribution in [2.45, 2.75) is 65.3 Å². The van der Waals surface area contributed by atoms with Crippen LogP contribution in [0.15, 0.2) is 0 Å². The Hall–Kier alpha value is -1.40. The normalized spacial score (nSPS) is 23.3. The minimum atomic E-state index is -0.304. The quantitative estimate of drug-likeness (QED) is 0.791. The molecule has 0 saturated carbocycles. The Balaban J connectivity index is 1.77. The second-order valence-electron chi connectivity index (χ2n) is 7.64. The number of hydrogen-bond acceptors (Lipinski definition) is 5. The predicted molar refractivity (Wildman–Crippen MR) is 105 cm³/mol. The van der Waals surface area contributed by atoms with E-state index in [1.165, 1.54) is 11.3 Å². The van der Waals surface area contributed by atoms with Crippen LogP contribution in [-0.4, -0.2) is 42.5 Å². The van der Waals surface area contributed by atoms with E-state index in [1.54, 1.807) is 11.3 Å². The second kappa shape index (κ2) is 8.53. The van der Waals surface area contributed by atoms with Crippen LogP contribution in [0.5, 0.6) is 0 Å². The monoisotopic (exact) mass is 378 g/mol. The standard InChI is InChI=1S/C20H30N2O3S/c1-4-25-20(24)18-15-9-8-13(2)11-16(15)26-19(18)21-17(23)12-22-10-6-5-7-14(22)3/h13-14H,4-12H2,1-3H3,(H,21,23)/t13-,14+/m1/s1. The number of nitrogens with one attached hydrogen (secondary N) is 1. The van der Waals surface area contributed by atoms with Crippen LogP contribution in [0, 0.1) is 5.92 Å². The van der Waals surface area contributed by atoms with Gasteiger partial charge in [0.05, 0.1) is 18.7 Å². The van der Waals surface area contributed by atoms with Gasteiger partial charge in [-0.05, 0) is 64.0 Å². The number of amides is 1. The number of fused-ring (bicyclic) bond motifs is 1. The summed E-state index contributed by atoms with van der Waals surface area (Å²) in [4.78, 5) is 28.6. The molecule has 0 bridgehead atoms. The van der Waals surface area contributed by atoms with Crippen molar-refractivity contribution in [2.24, 2.45) is 5.92 Å². The van der Waals surface area contributed by atoms with Crippen molar-refractivity contribution in [3.63, 3.8) is 0 Å². The highest BCUT2D eigenvalue weighted by molar-refractivity contribution is 7.17. The molecule has 1 aromatic heterocycles. The molecule has 1 amide bonds. The molecular weight excluding hydrogens is 348 g/mol. The summed E-state index contributed by atoms with van der Waals surface area (Å²) < 4.78 is 5.27. The lowest BCUT2D eigenvalue weighted by atomic mass is 9.88. The average Bonchev–Trinajstić information content (AvgIpc) is 2.93. The zero-order valence-electron chi connectivity index (χ0n) is 16.1. The van der Waals surface area contributed by atoms with Gasteiger partial charge in [0.2, 0.25) is 5.91 Å². The van der Waals surface area contributed by atoms with Gasteiger partial charge in [0.25, 0.3) is 0 Å². The fourth-order valence-corrected chi connectivity index (χ4v) is 5.42. The van der Waals surface area contributed by atoms with E-state index in [0.717, 1.165) is 44.2 Å². The molecular formula is C20H30N2O3S. The number of rotatable bonds is 5. The fraction of sp³-hybridized carbons (Fsp3) is 0.700. The highest BCUT2D eigenvalue weighted by atomic mass is 32.1. The molecule has 5 nitrogen and oxygen atoms in total. The molecule has 2 atom stereocenters. The molecule has 1 aliphatic carbocycles. The van der Waals surface area contributed by atoms with E-state index in [4.69, 9.17) is 4.74 Å². The number of esters is 1. The first-order valence-corrected chi connectivity index (χ1v) is 10.7. The molecule has 1 aromatic rings. The Morgan fingerprint density at radius 2 is 2.08 bits per heavy atom. The summed E-state index contributed by atoms with van der Waals surface area (Å²) in [5, 5.41) is 3.70. The maximum Gasteiger partial charge on any atom is 0.341 e. The van der Waals surface area contributed by atoms with Gasteiger partial charge in [0.15, 0.2) is 0 Å². The van der Waals surface area contributed by atoms with Crippen molar-refractivity contribution in [2.75, 3.05) is 25.0 Å². The lowest BCUT2D eigenvalue weighted by Gasteiger charge is -2.32. The molecule has 0 radical (unpaired) electrons. The summed E-state index contributed by atoms with van der Waals surface area (Å²) in [6.07, 6.45) is 6.48. The molecule has 2 heterocycles. The lowest BCUT2D eigenvalue weighted by molar-refractivity contribution is -0.118. The lowest BCUT2D eigenvalue weighted by Crippen LogP contribution is -2.42. The zero-order chi connectivity index (χ0) is 18.7. The van der Waals surface area contributed by atoms with Crippen LogP contribution in [0.3, 0.4) is 0 Å². The third-order valence-electron chi connectivity index (χ3n) is 5.53. The number of piperidine rings is 1. The van der Waals surface area contributed by atoms with Crippen LogP contribution in [0.25, 0.3) is 0 Å². The zero-order valence-corrected chi connectivity index (χ0v) is 16.9. The van der Waals surface area contributed by atoms with Crippen LogP contribution >= 0.6 is 11.3 Å². The third-order valence-corrected chi connectivity index (χ3v) is 6.70. The maximum absolute atomic E-state index is 12.6. The van der Waals surface area contributed by atoms with Crippen molar-refractivity contribution in [1.29, 1.82) is 0 Å². The first kappa shape index (κ1) is 19.4. The third kappa shape index (κ3) is 4.29. The molecule has 0 spiro atoms. The van der Waals surface area contributed by atoms with Gasteiger partial charge in [0, 0.05) is 10.9 Å². The SMILES string of the molecule is CCOC(=O)c1c(NC(=O)CN2CCCC[C@@H]2C)sc2c1CC[C@@H](C)C2. The fourth-order valence-electron chi connectivity index (χ4n) is 4.00. The van der Waals surface area contributed by atoms with Crippen molar-refractivity contribution in [3.8, 4) is 0 Å².